The summed E-state index contributed by atoms with van der Waals surface area (Å²) < 4.78 is 38.9. The minimum atomic E-state index is -3.93. The Kier molecular flexibility index (Phi) is 7.14. The van der Waals surface area contributed by atoms with Crippen LogP contribution in [0.4, 0.5) is 15.3 Å². The van der Waals surface area contributed by atoms with Crippen LogP contribution in [0.25, 0.3) is 10.9 Å². The summed E-state index contributed by atoms with van der Waals surface area (Å²) >= 11 is 0. The van der Waals surface area contributed by atoms with Gasteiger partial charge in [-0.15, -0.1) is 0 Å². The monoisotopic (exact) mass is 515 g/mol. The number of hydrazine groups is 1. The van der Waals surface area contributed by atoms with Crippen molar-refractivity contribution in [2.24, 2.45) is 0 Å². The summed E-state index contributed by atoms with van der Waals surface area (Å²) in [6.07, 6.45) is -0.195. The number of rotatable bonds is 3. The van der Waals surface area contributed by atoms with Crippen LogP contribution in [0.15, 0.2) is 53.6 Å². The molecule has 1 heterocycles. The number of amides is 2. The first-order chi connectivity index (χ1) is 16.5. The van der Waals surface area contributed by atoms with Crippen LogP contribution in [0.2, 0.25) is 0 Å². The van der Waals surface area contributed by atoms with Gasteiger partial charge in [-0.2, -0.15) is 5.01 Å². The third-order valence-electron chi connectivity index (χ3n) is 4.97. The molecule has 0 fully saturated rings. The molecule has 0 unspecified atom stereocenters. The maximum atomic E-state index is 13.5. The van der Waals surface area contributed by atoms with Crippen LogP contribution in [0.3, 0.4) is 0 Å². The predicted octanol–water partition coefficient (Wildman–Crippen LogP) is 5.68. The largest absolute Gasteiger partial charge is 0.443 e. The van der Waals surface area contributed by atoms with Crippen LogP contribution in [-0.4, -0.2) is 35.8 Å². The first kappa shape index (κ1) is 27.1. The Bertz CT molecular complexity index is 1390. The number of carbonyl (C=O) groups is 2. The number of carbonyl (C=O) groups excluding carboxylic acids is 2. The highest BCUT2D eigenvalue weighted by Gasteiger charge is 2.28. The van der Waals surface area contributed by atoms with Gasteiger partial charge < -0.3 is 9.47 Å². The fourth-order valence-electron chi connectivity index (χ4n) is 3.43. The van der Waals surface area contributed by atoms with Crippen molar-refractivity contribution < 1.29 is 27.5 Å². The number of nitrogens with zero attached hydrogens (tertiary/aromatic N) is 2. The quantitative estimate of drug-likeness (QED) is 0.450. The first-order valence-electron chi connectivity index (χ1n) is 11.4. The molecular weight excluding hydrogens is 482 g/mol. The SMILES string of the molecule is Cc1ccc(S(=O)(=O)n2cc(C)c3ccc(N(NC(=O)OC(C)(C)C)C(=O)OC(C)(C)C)cc32)cc1. The normalized spacial score (nSPS) is 12.3. The molecule has 0 radical (unpaired) electrons. The van der Waals surface area contributed by atoms with Crippen molar-refractivity contribution in [1.82, 2.24) is 9.40 Å². The van der Waals surface area contributed by atoms with Crippen molar-refractivity contribution in [3.05, 3.63) is 59.8 Å². The predicted molar refractivity (Wildman–Crippen MR) is 139 cm³/mol. The van der Waals surface area contributed by atoms with E-state index in [1.165, 1.54) is 16.2 Å². The molecule has 0 saturated carbocycles. The topological polar surface area (TPSA) is 107 Å². The maximum Gasteiger partial charge on any atom is 0.434 e. The van der Waals surface area contributed by atoms with E-state index in [1.807, 2.05) is 6.92 Å². The van der Waals surface area contributed by atoms with Gasteiger partial charge in [0.15, 0.2) is 0 Å². The van der Waals surface area contributed by atoms with Crippen molar-refractivity contribution in [1.29, 1.82) is 0 Å². The highest BCUT2D eigenvalue weighted by atomic mass is 32.2. The lowest BCUT2D eigenvalue weighted by Crippen LogP contribution is -2.50. The molecule has 1 aromatic heterocycles. The summed E-state index contributed by atoms with van der Waals surface area (Å²) in [5, 5.41) is 1.58. The number of aromatic nitrogens is 1. The van der Waals surface area contributed by atoms with Crippen molar-refractivity contribution >= 4 is 38.8 Å². The third kappa shape index (κ3) is 6.17. The minimum absolute atomic E-state index is 0.131. The Morgan fingerprint density at radius 3 is 2.03 bits per heavy atom. The molecule has 36 heavy (non-hydrogen) atoms. The van der Waals surface area contributed by atoms with Crippen molar-refractivity contribution in [3.63, 3.8) is 0 Å². The average Bonchev–Trinajstić information content (AvgIpc) is 3.06. The van der Waals surface area contributed by atoms with E-state index in [0.717, 1.165) is 16.1 Å². The number of benzene rings is 2. The lowest BCUT2D eigenvalue weighted by atomic mass is 10.2. The highest BCUT2D eigenvalue weighted by molar-refractivity contribution is 7.90. The smallest absolute Gasteiger partial charge is 0.434 e. The zero-order valence-corrected chi connectivity index (χ0v) is 22.7. The summed E-state index contributed by atoms with van der Waals surface area (Å²) in [7, 11) is -3.93. The zero-order chi connectivity index (χ0) is 27.1. The number of ether oxygens (including phenoxy) is 2. The van der Waals surface area contributed by atoms with Gasteiger partial charge in [0, 0.05) is 11.6 Å². The molecule has 2 aromatic carbocycles. The van der Waals surface area contributed by atoms with Gasteiger partial charge in [-0.3, -0.25) is 0 Å². The van der Waals surface area contributed by atoms with E-state index < -0.39 is 33.4 Å². The standard InChI is InChI=1S/C26H33N3O6S/c1-17-9-12-20(13-10-17)36(32,33)28-16-18(2)21-14-11-19(15-22(21)28)29(24(31)35-26(6,7)8)27-23(30)34-25(3,4)5/h9-16H,1-8H3,(H,27,30). The van der Waals surface area contributed by atoms with Gasteiger partial charge in [-0.05, 0) is 85.2 Å². The molecule has 0 aliphatic rings. The fraction of sp³-hybridized carbons (Fsp3) is 0.385. The Hall–Kier alpha value is -3.53. The lowest BCUT2D eigenvalue weighted by Gasteiger charge is -2.29. The molecular formula is C26H33N3O6S. The van der Waals surface area contributed by atoms with Crippen LogP contribution in [-0.2, 0) is 19.5 Å². The van der Waals surface area contributed by atoms with Gasteiger partial charge in [0.25, 0.3) is 10.0 Å². The average molecular weight is 516 g/mol. The van der Waals surface area contributed by atoms with Gasteiger partial charge in [-0.1, -0.05) is 23.8 Å². The fourth-order valence-corrected chi connectivity index (χ4v) is 4.84. The molecule has 194 valence electrons. The maximum absolute atomic E-state index is 13.5. The highest BCUT2D eigenvalue weighted by Crippen LogP contribution is 2.30. The van der Waals surface area contributed by atoms with Crippen molar-refractivity contribution in [2.75, 3.05) is 5.01 Å². The van der Waals surface area contributed by atoms with E-state index in [4.69, 9.17) is 9.47 Å². The van der Waals surface area contributed by atoms with Crippen LogP contribution in [0.5, 0.6) is 0 Å². The third-order valence-corrected chi connectivity index (χ3v) is 6.66. The minimum Gasteiger partial charge on any atom is -0.443 e. The number of fused-ring (bicyclic) bond motifs is 1. The number of nitrogens with one attached hydrogen (secondary N) is 1. The van der Waals surface area contributed by atoms with Gasteiger partial charge in [0.05, 0.1) is 16.1 Å². The number of hydrogen-bond donors (Lipinski definition) is 1. The zero-order valence-electron chi connectivity index (χ0n) is 21.9. The molecule has 9 nitrogen and oxygen atoms in total. The molecule has 0 spiro atoms. The Balaban J connectivity index is 2.12. The summed E-state index contributed by atoms with van der Waals surface area (Å²) in [6, 6.07) is 11.3. The van der Waals surface area contributed by atoms with Crippen LogP contribution >= 0.6 is 0 Å². The van der Waals surface area contributed by atoms with Crippen LogP contribution in [0, 0.1) is 13.8 Å². The van der Waals surface area contributed by atoms with E-state index in [9.17, 15) is 18.0 Å². The van der Waals surface area contributed by atoms with Gasteiger partial charge >= 0.3 is 12.2 Å². The molecule has 3 aromatic rings. The second kappa shape index (κ2) is 9.50. The molecule has 0 bridgehead atoms. The van der Waals surface area contributed by atoms with Crippen molar-refractivity contribution in [3.8, 4) is 0 Å². The molecule has 0 saturated heterocycles. The van der Waals surface area contributed by atoms with E-state index in [0.29, 0.717) is 10.9 Å². The van der Waals surface area contributed by atoms with E-state index in [1.54, 1.807) is 84.9 Å². The Morgan fingerprint density at radius 2 is 1.47 bits per heavy atom. The first-order valence-corrected chi connectivity index (χ1v) is 12.9. The molecule has 1 N–H and O–H groups in total. The van der Waals surface area contributed by atoms with Gasteiger partial charge in [0.2, 0.25) is 0 Å². The Morgan fingerprint density at radius 1 is 0.889 bits per heavy atom. The van der Waals surface area contributed by atoms with E-state index in [-0.39, 0.29) is 10.6 Å². The van der Waals surface area contributed by atoms with Gasteiger partial charge in [0.1, 0.15) is 11.2 Å². The van der Waals surface area contributed by atoms with E-state index in [2.05, 4.69) is 5.43 Å². The number of aryl methyl sites for hydroxylation is 2. The van der Waals surface area contributed by atoms with Gasteiger partial charge in [-0.25, -0.2) is 27.4 Å². The summed E-state index contributed by atoms with van der Waals surface area (Å²) in [5.41, 5.74) is 2.97. The summed E-state index contributed by atoms with van der Waals surface area (Å²) in [5.74, 6) is 0. The van der Waals surface area contributed by atoms with Crippen LogP contribution < -0.4 is 10.4 Å². The molecule has 0 aliphatic heterocycles. The number of hydrogen-bond acceptors (Lipinski definition) is 6. The molecule has 2 amide bonds. The lowest BCUT2D eigenvalue weighted by molar-refractivity contribution is 0.0425. The second-order valence-electron chi connectivity index (χ2n) is 10.6. The summed E-state index contributed by atoms with van der Waals surface area (Å²) in [6.45, 7) is 13.9. The van der Waals surface area contributed by atoms with Crippen LogP contribution in [0.1, 0.15) is 52.7 Å². The molecule has 10 heteroatoms. The van der Waals surface area contributed by atoms with E-state index >= 15 is 0 Å². The molecule has 3 rings (SSSR count). The summed E-state index contributed by atoms with van der Waals surface area (Å²) in [4.78, 5) is 25.7. The molecule has 0 aliphatic carbocycles. The molecule has 0 atom stereocenters. The van der Waals surface area contributed by atoms with Crippen molar-refractivity contribution in [2.45, 2.75) is 71.5 Å². The Labute approximate surface area is 212 Å². The second-order valence-corrected chi connectivity index (χ2v) is 12.4. The number of anilines is 1.